The number of hydrogen-bond acceptors (Lipinski definition) is 2. The lowest BCUT2D eigenvalue weighted by molar-refractivity contribution is -0.137. The van der Waals surface area contributed by atoms with E-state index in [2.05, 4.69) is 5.16 Å². The second-order valence-corrected chi connectivity index (χ2v) is 3.61. The topological polar surface area (TPSA) is 32.6 Å². The van der Waals surface area contributed by atoms with Crippen LogP contribution < -0.4 is 0 Å². The minimum atomic E-state index is -4.32. The van der Waals surface area contributed by atoms with Gasteiger partial charge in [-0.25, -0.2) is 0 Å². The van der Waals surface area contributed by atoms with Crippen molar-refractivity contribution >= 4 is 16.8 Å². The number of halogens is 4. The lowest BCUT2D eigenvalue weighted by atomic mass is 10.1. The van der Waals surface area contributed by atoms with Crippen molar-refractivity contribution in [1.82, 2.24) is 0 Å². The second-order valence-electron chi connectivity index (χ2n) is 3.17. The van der Waals surface area contributed by atoms with Gasteiger partial charge in [0, 0.05) is 6.42 Å². The SMILES string of the molecule is O/N=C(\Cl)CCc1ccc(C(F)(F)F)cc1. The van der Waals surface area contributed by atoms with Gasteiger partial charge in [0.15, 0.2) is 0 Å². The van der Waals surface area contributed by atoms with E-state index in [0.29, 0.717) is 18.4 Å². The first-order valence-corrected chi connectivity index (χ1v) is 4.84. The van der Waals surface area contributed by atoms with E-state index in [9.17, 15) is 13.2 Å². The average Bonchev–Trinajstić information content (AvgIpc) is 2.25. The van der Waals surface area contributed by atoms with Crippen LogP contribution in [0.5, 0.6) is 0 Å². The Morgan fingerprint density at radius 2 is 1.81 bits per heavy atom. The fourth-order valence-corrected chi connectivity index (χ4v) is 1.25. The van der Waals surface area contributed by atoms with Crippen LogP contribution in [-0.2, 0) is 12.6 Å². The van der Waals surface area contributed by atoms with Gasteiger partial charge in [0.25, 0.3) is 0 Å². The molecule has 0 aliphatic rings. The zero-order valence-electron chi connectivity index (χ0n) is 8.13. The molecule has 2 nitrogen and oxygen atoms in total. The number of rotatable bonds is 3. The van der Waals surface area contributed by atoms with Gasteiger partial charge in [-0.05, 0) is 24.1 Å². The summed E-state index contributed by atoms with van der Waals surface area (Å²) in [5, 5.41) is 11.1. The van der Waals surface area contributed by atoms with Crippen LogP contribution in [0.25, 0.3) is 0 Å². The summed E-state index contributed by atoms with van der Waals surface area (Å²) in [6, 6.07) is 4.79. The van der Waals surface area contributed by atoms with Gasteiger partial charge in [-0.15, -0.1) is 0 Å². The van der Waals surface area contributed by atoms with Crippen molar-refractivity contribution in [2.24, 2.45) is 5.16 Å². The lowest BCUT2D eigenvalue weighted by Crippen LogP contribution is -2.04. The summed E-state index contributed by atoms with van der Waals surface area (Å²) < 4.78 is 36.6. The highest BCUT2D eigenvalue weighted by Gasteiger charge is 2.29. The fraction of sp³-hybridized carbons (Fsp3) is 0.300. The van der Waals surface area contributed by atoms with Crippen LogP contribution in [0, 0.1) is 0 Å². The third kappa shape index (κ3) is 3.73. The minimum Gasteiger partial charge on any atom is -0.410 e. The predicted octanol–water partition coefficient (Wildman–Crippen LogP) is 3.66. The first-order valence-electron chi connectivity index (χ1n) is 4.46. The molecular weight excluding hydrogens is 243 g/mol. The number of aryl methyl sites for hydroxylation is 1. The Morgan fingerprint density at radius 1 is 1.25 bits per heavy atom. The molecule has 0 saturated heterocycles. The normalized spacial score (nSPS) is 12.9. The number of oxime groups is 1. The molecule has 0 aliphatic heterocycles. The van der Waals surface area contributed by atoms with Gasteiger partial charge in [-0.3, -0.25) is 0 Å². The van der Waals surface area contributed by atoms with E-state index in [4.69, 9.17) is 16.8 Å². The Balaban J connectivity index is 2.65. The lowest BCUT2D eigenvalue weighted by Gasteiger charge is -2.07. The van der Waals surface area contributed by atoms with Crippen molar-refractivity contribution in [2.45, 2.75) is 19.0 Å². The molecule has 0 amide bonds. The quantitative estimate of drug-likeness (QED) is 0.496. The minimum absolute atomic E-state index is 0.0277. The van der Waals surface area contributed by atoms with Gasteiger partial charge in [-0.2, -0.15) is 13.2 Å². The fourth-order valence-electron chi connectivity index (χ4n) is 1.16. The summed E-state index contributed by atoms with van der Waals surface area (Å²) in [4.78, 5) is 0. The molecule has 0 bridgehead atoms. The van der Waals surface area contributed by atoms with Crippen molar-refractivity contribution in [3.63, 3.8) is 0 Å². The molecule has 0 radical (unpaired) electrons. The molecule has 0 aromatic heterocycles. The molecule has 0 heterocycles. The summed E-state index contributed by atoms with van der Waals surface area (Å²) in [6.07, 6.45) is -3.59. The summed E-state index contributed by atoms with van der Waals surface area (Å²) >= 11 is 5.44. The smallest absolute Gasteiger partial charge is 0.410 e. The van der Waals surface area contributed by atoms with Gasteiger partial charge in [0.05, 0.1) is 5.56 Å². The van der Waals surface area contributed by atoms with E-state index < -0.39 is 11.7 Å². The van der Waals surface area contributed by atoms with Gasteiger partial charge in [-0.1, -0.05) is 28.9 Å². The highest BCUT2D eigenvalue weighted by molar-refractivity contribution is 6.65. The summed E-state index contributed by atoms with van der Waals surface area (Å²) in [7, 11) is 0. The molecule has 0 aliphatic carbocycles. The summed E-state index contributed by atoms with van der Waals surface area (Å²) in [6.45, 7) is 0. The van der Waals surface area contributed by atoms with E-state index in [-0.39, 0.29) is 5.17 Å². The van der Waals surface area contributed by atoms with Gasteiger partial charge in [0.2, 0.25) is 0 Å². The van der Waals surface area contributed by atoms with Crippen LogP contribution in [0.3, 0.4) is 0 Å². The molecule has 1 rings (SSSR count). The van der Waals surface area contributed by atoms with E-state index in [1.807, 2.05) is 0 Å². The van der Waals surface area contributed by atoms with Crippen LogP contribution in [0.4, 0.5) is 13.2 Å². The van der Waals surface area contributed by atoms with Crippen LogP contribution >= 0.6 is 11.6 Å². The van der Waals surface area contributed by atoms with Crippen molar-refractivity contribution in [2.75, 3.05) is 0 Å². The zero-order chi connectivity index (χ0) is 12.2. The highest BCUT2D eigenvalue weighted by Crippen LogP contribution is 2.29. The van der Waals surface area contributed by atoms with Crippen LogP contribution in [0.2, 0.25) is 0 Å². The number of alkyl halides is 3. The van der Waals surface area contributed by atoms with E-state index in [0.717, 1.165) is 12.1 Å². The van der Waals surface area contributed by atoms with E-state index in [1.54, 1.807) is 0 Å². The van der Waals surface area contributed by atoms with Crippen LogP contribution in [-0.4, -0.2) is 10.4 Å². The van der Waals surface area contributed by atoms with Crippen molar-refractivity contribution in [3.05, 3.63) is 35.4 Å². The number of nitrogens with zero attached hydrogens (tertiary/aromatic N) is 1. The molecule has 6 heteroatoms. The van der Waals surface area contributed by atoms with Gasteiger partial charge >= 0.3 is 6.18 Å². The molecule has 0 saturated carbocycles. The first-order chi connectivity index (χ1) is 7.43. The maximum atomic E-state index is 12.2. The van der Waals surface area contributed by atoms with Crippen molar-refractivity contribution < 1.29 is 18.4 Å². The first kappa shape index (κ1) is 12.8. The molecule has 0 spiro atoms. The Bertz CT molecular complexity index is 373. The monoisotopic (exact) mass is 251 g/mol. The molecule has 1 aromatic carbocycles. The number of hydrogen-bond donors (Lipinski definition) is 1. The molecule has 0 atom stereocenters. The van der Waals surface area contributed by atoms with Gasteiger partial charge in [0.1, 0.15) is 5.17 Å². The molecule has 1 N–H and O–H groups in total. The maximum Gasteiger partial charge on any atom is 0.416 e. The van der Waals surface area contributed by atoms with E-state index in [1.165, 1.54) is 12.1 Å². The third-order valence-electron chi connectivity index (χ3n) is 2.01. The Labute approximate surface area is 95.3 Å². The maximum absolute atomic E-state index is 12.2. The standard InChI is InChI=1S/C10H9ClF3NO/c11-9(15-16)6-3-7-1-4-8(5-2-7)10(12,13)14/h1-2,4-5,16H,3,6H2/b15-9-. The predicted molar refractivity (Wildman–Crippen MR) is 54.8 cm³/mol. The summed E-state index contributed by atoms with van der Waals surface area (Å²) in [5.41, 5.74) is 0.0213. The van der Waals surface area contributed by atoms with Crippen LogP contribution in [0.15, 0.2) is 29.4 Å². The Kier molecular flexibility index (Phi) is 4.18. The molecule has 0 fully saturated rings. The van der Waals surface area contributed by atoms with Crippen LogP contribution in [0.1, 0.15) is 17.5 Å². The zero-order valence-corrected chi connectivity index (χ0v) is 8.89. The largest absolute Gasteiger partial charge is 0.416 e. The molecule has 88 valence electrons. The third-order valence-corrected chi connectivity index (χ3v) is 2.27. The molecular formula is C10H9ClF3NO. The molecule has 16 heavy (non-hydrogen) atoms. The molecule has 0 unspecified atom stereocenters. The highest BCUT2D eigenvalue weighted by atomic mass is 35.5. The van der Waals surface area contributed by atoms with Crippen molar-refractivity contribution in [3.8, 4) is 0 Å². The van der Waals surface area contributed by atoms with Gasteiger partial charge < -0.3 is 5.21 Å². The average molecular weight is 252 g/mol. The summed E-state index contributed by atoms with van der Waals surface area (Å²) in [5.74, 6) is 0. The van der Waals surface area contributed by atoms with E-state index >= 15 is 0 Å². The Morgan fingerprint density at radius 3 is 2.25 bits per heavy atom. The molecule has 1 aromatic rings. The van der Waals surface area contributed by atoms with Crippen molar-refractivity contribution in [1.29, 1.82) is 0 Å². The Hall–Kier alpha value is -1.23. The number of benzene rings is 1. The second kappa shape index (κ2) is 5.21.